The Kier molecular flexibility index (Phi) is 3.66. The number of carbonyl (C=O) groups is 1. The van der Waals surface area contributed by atoms with Gasteiger partial charge in [-0.05, 0) is 37.1 Å². The SMILES string of the molecule is Cc1cc(Oc2cncc(Cl)n2)cc(C)c1C(N)=O. The molecule has 5 nitrogen and oxygen atoms in total. The van der Waals surface area contributed by atoms with Gasteiger partial charge in [-0.15, -0.1) is 0 Å². The predicted octanol–water partition coefficient (Wildman–Crippen LogP) is 2.64. The summed E-state index contributed by atoms with van der Waals surface area (Å²) in [6.45, 7) is 3.59. The molecule has 0 radical (unpaired) electrons. The second-order valence-corrected chi connectivity index (χ2v) is 4.47. The zero-order valence-electron chi connectivity index (χ0n) is 10.5. The molecule has 0 spiro atoms. The highest BCUT2D eigenvalue weighted by Gasteiger charge is 2.11. The minimum absolute atomic E-state index is 0.250. The molecule has 2 rings (SSSR count). The monoisotopic (exact) mass is 277 g/mol. The van der Waals surface area contributed by atoms with Gasteiger partial charge < -0.3 is 10.5 Å². The first kappa shape index (κ1) is 13.3. The topological polar surface area (TPSA) is 78.1 Å². The molecule has 6 heteroatoms. The number of hydrogen-bond donors (Lipinski definition) is 1. The zero-order chi connectivity index (χ0) is 14.0. The van der Waals surface area contributed by atoms with E-state index < -0.39 is 5.91 Å². The third-order valence-corrected chi connectivity index (χ3v) is 2.74. The summed E-state index contributed by atoms with van der Waals surface area (Å²) in [7, 11) is 0. The number of halogens is 1. The van der Waals surface area contributed by atoms with Crippen molar-refractivity contribution in [3.8, 4) is 11.6 Å². The molecule has 0 aliphatic rings. The van der Waals surface area contributed by atoms with Crippen molar-refractivity contribution in [1.29, 1.82) is 0 Å². The largest absolute Gasteiger partial charge is 0.437 e. The molecule has 1 aromatic carbocycles. The molecule has 2 aromatic rings. The number of nitrogens with zero attached hydrogens (tertiary/aromatic N) is 2. The van der Waals surface area contributed by atoms with Crippen LogP contribution in [0.4, 0.5) is 0 Å². The first-order chi connectivity index (χ1) is 8.97. The van der Waals surface area contributed by atoms with Crippen LogP contribution in [0.3, 0.4) is 0 Å². The summed E-state index contributed by atoms with van der Waals surface area (Å²) in [6, 6.07) is 3.44. The van der Waals surface area contributed by atoms with Gasteiger partial charge in [0.05, 0.1) is 12.4 Å². The minimum atomic E-state index is -0.455. The van der Waals surface area contributed by atoms with Crippen molar-refractivity contribution >= 4 is 17.5 Å². The maximum absolute atomic E-state index is 11.3. The van der Waals surface area contributed by atoms with Crippen LogP contribution in [-0.4, -0.2) is 15.9 Å². The lowest BCUT2D eigenvalue weighted by Gasteiger charge is -2.10. The molecule has 1 heterocycles. The third-order valence-electron chi connectivity index (χ3n) is 2.56. The van der Waals surface area contributed by atoms with Gasteiger partial charge in [-0.2, -0.15) is 4.98 Å². The van der Waals surface area contributed by atoms with E-state index in [9.17, 15) is 4.79 Å². The first-order valence-corrected chi connectivity index (χ1v) is 5.91. The molecule has 0 unspecified atom stereocenters. The number of amides is 1. The van der Waals surface area contributed by atoms with E-state index in [1.165, 1.54) is 12.4 Å². The fourth-order valence-electron chi connectivity index (χ4n) is 1.87. The van der Waals surface area contributed by atoms with E-state index in [0.29, 0.717) is 11.3 Å². The molecule has 1 aromatic heterocycles. The summed E-state index contributed by atoms with van der Waals surface area (Å²) in [6.07, 6.45) is 2.87. The molecule has 0 saturated carbocycles. The van der Waals surface area contributed by atoms with Crippen LogP contribution in [0, 0.1) is 13.8 Å². The molecule has 0 fully saturated rings. The Morgan fingerprint density at radius 3 is 2.42 bits per heavy atom. The fraction of sp³-hybridized carbons (Fsp3) is 0.154. The highest BCUT2D eigenvalue weighted by Crippen LogP contribution is 2.25. The molecule has 0 saturated heterocycles. The smallest absolute Gasteiger partial charge is 0.249 e. The molecular weight excluding hydrogens is 266 g/mol. The standard InChI is InChI=1S/C13H12ClN3O2/c1-7-3-9(4-8(2)12(7)13(15)18)19-11-6-16-5-10(14)17-11/h3-6H,1-2H3,(H2,15,18). The number of benzene rings is 1. The molecular formula is C13H12ClN3O2. The minimum Gasteiger partial charge on any atom is -0.437 e. The molecule has 0 atom stereocenters. The Morgan fingerprint density at radius 1 is 1.26 bits per heavy atom. The zero-order valence-corrected chi connectivity index (χ0v) is 11.2. The van der Waals surface area contributed by atoms with E-state index in [-0.39, 0.29) is 11.0 Å². The number of aromatic nitrogens is 2. The lowest BCUT2D eigenvalue weighted by molar-refractivity contribution is 0.0999. The highest BCUT2D eigenvalue weighted by molar-refractivity contribution is 6.29. The number of aryl methyl sites for hydroxylation is 2. The van der Waals surface area contributed by atoms with Crippen LogP contribution >= 0.6 is 11.6 Å². The van der Waals surface area contributed by atoms with E-state index in [1.54, 1.807) is 26.0 Å². The summed E-state index contributed by atoms with van der Waals surface area (Å²) in [4.78, 5) is 19.2. The van der Waals surface area contributed by atoms with E-state index >= 15 is 0 Å². The average Bonchev–Trinajstić information content (AvgIpc) is 2.27. The van der Waals surface area contributed by atoms with Crippen LogP contribution in [0.1, 0.15) is 21.5 Å². The Hall–Kier alpha value is -2.14. The van der Waals surface area contributed by atoms with Crippen molar-refractivity contribution in [2.24, 2.45) is 5.73 Å². The van der Waals surface area contributed by atoms with Gasteiger partial charge in [0.2, 0.25) is 11.8 Å². The molecule has 1 amide bonds. The van der Waals surface area contributed by atoms with Gasteiger partial charge in [0, 0.05) is 5.56 Å². The normalized spacial score (nSPS) is 10.3. The molecule has 2 N–H and O–H groups in total. The Balaban J connectivity index is 2.35. The highest BCUT2D eigenvalue weighted by atomic mass is 35.5. The summed E-state index contributed by atoms with van der Waals surface area (Å²) < 4.78 is 5.55. The van der Waals surface area contributed by atoms with E-state index in [2.05, 4.69) is 9.97 Å². The van der Waals surface area contributed by atoms with Crippen LogP contribution in [0.2, 0.25) is 5.15 Å². The number of primary amides is 1. The van der Waals surface area contributed by atoms with Gasteiger partial charge in [0.15, 0.2) is 5.15 Å². The van der Waals surface area contributed by atoms with Crippen molar-refractivity contribution in [1.82, 2.24) is 9.97 Å². The molecule has 0 aliphatic carbocycles. The van der Waals surface area contributed by atoms with Crippen LogP contribution in [0.15, 0.2) is 24.5 Å². The Morgan fingerprint density at radius 2 is 1.89 bits per heavy atom. The van der Waals surface area contributed by atoms with Crippen LogP contribution in [0.25, 0.3) is 0 Å². The lowest BCUT2D eigenvalue weighted by atomic mass is 10.0. The van der Waals surface area contributed by atoms with Crippen LogP contribution in [0.5, 0.6) is 11.6 Å². The van der Waals surface area contributed by atoms with E-state index in [1.807, 2.05) is 0 Å². The van der Waals surface area contributed by atoms with Gasteiger partial charge >= 0.3 is 0 Å². The quantitative estimate of drug-likeness (QED) is 0.935. The van der Waals surface area contributed by atoms with Crippen molar-refractivity contribution in [2.75, 3.05) is 0 Å². The van der Waals surface area contributed by atoms with Crippen molar-refractivity contribution in [3.63, 3.8) is 0 Å². The van der Waals surface area contributed by atoms with Crippen molar-refractivity contribution in [2.45, 2.75) is 13.8 Å². The fourth-order valence-corrected chi connectivity index (χ4v) is 2.01. The number of nitrogens with two attached hydrogens (primary N) is 1. The van der Waals surface area contributed by atoms with Gasteiger partial charge in [-0.3, -0.25) is 9.78 Å². The van der Waals surface area contributed by atoms with E-state index in [4.69, 9.17) is 22.1 Å². The maximum Gasteiger partial charge on any atom is 0.249 e. The molecule has 0 aliphatic heterocycles. The summed E-state index contributed by atoms with van der Waals surface area (Å²) in [5.74, 6) is 0.388. The third kappa shape index (κ3) is 3.00. The summed E-state index contributed by atoms with van der Waals surface area (Å²) in [5.41, 5.74) is 7.32. The summed E-state index contributed by atoms with van der Waals surface area (Å²) in [5, 5.41) is 0.250. The van der Waals surface area contributed by atoms with Crippen molar-refractivity contribution < 1.29 is 9.53 Å². The maximum atomic E-state index is 11.3. The lowest BCUT2D eigenvalue weighted by Crippen LogP contribution is -2.14. The van der Waals surface area contributed by atoms with Gasteiger partial charge in [-0.25, -0.2) is 0 Å². The van der Waals surface area contributed by atoms with Crippen LogP contribution in [-0.2, 0) is 0 Å². The summed E-state index contributed by atoms with van der Waals surface area (Å²) >= 11 is 5.73. The number of ether oxygens (including phenoxy) is 1. The number of carbonyl (C=O) groups excluding carboxylic acids is 1. The molecule has 98 valence electrons. The van der Waals surface area contributed by atoms with Gasteiger partial charge in [-0.1, -0.05) is 11.6 Å². The van der Waals surface area contributed by atoms with Crippen molar-refractivity contribution in [3.05, 3.63) is 46.4 Å². The van der Waals surface area contributed by atoms with Crippen LogP contribution < -0.4 is 10.5 Å². The van der Waals surface area contributed by atoms with E-state index in [0.717, 1.165) is 11.1 Å². The second kappa shape index (κ2) is 5.24. The molecule has 0 bridgehead atoms. The first-order valence-electron chi connectivity index (χ1n) is 5.54. The number of hydrogen-bond acceptors (Lipinski definition) is 4. The molecule has 19 heavy (non-hydrogen) atoms. The van der Waals surface area contributed by atoms with Gasteiger partial charge in [0.1, 0.15) is 5.75 Å². The Bertz CT molecular complexity index is 621. The van der Waals surface area contributed by atoms with Gasteiger partial charge in [0.25, 0.3) is 0 Å². The Labute approximate surface area is 115 Å². The average molecular weight is 278 g/mol. The second-order valence-electron chi connectivity index (χ2n) is 4.08. The predicted molar refractivity (Wildman–Crippen MR) is 71.5 cm³/mol. The number of rotatable bonds is 3.